The molecule has 0 unspecified atom stereocenters. The molecule has 1 aromatic heterocycles. The van der Waals surface area contributed by atoms with Crippen LogP contribution in [0.25, 0.3) is 0 Å². The first-order valence-electron chi connectivity index (χ1n) is 10.2. The third-order valence-electron chi connectivity index (χ3n) is 5.44. The molecular formula is C21H25N5O3S. The molecule has 4 rings (SSSR count). The zero-order valence-electron chi connectivity index (χ0n) is 17.3. The van der Waals surface area contributed by atoms with Crippen molar-refractivity contribution in [3.05, 3.63) is 51.2 Å². The zero-order valence-corrected chi connectivity index (χ0v) is 18.2. The molecule has 9 heteroatoms. The number of rotatable bonds is 6. The number of fused-ring (bicyclic) bond motifs is 1. The summed E-state index contributed by atoms with van der Waals surface area (Å²) < 4.78 is 1.71. The first kappa shape index (κ1) is 20.6. The van der Waals surface area contributed by atoms with Gasteiger partial charge in [-0.25, -0.2) is 4.68 Å². The number of nitro groups is 1. The number of thioether (sulfide) groups is 1. The second kappa shape index (κ2) is 7.86. The second-order valence-corrected chi connectivity index (χ2v) is 9.64. The number of carbonyl (C=O) groups excluding carboxylic acids is 1. The van der Waals surface area contributed by atoms with Gasteiger partial charge < -0.3 is 5.32 Å². The van der Waals surface area contributed by atoms with Gasteiger partial charge in [0.1, 0.15) is 6.04 Å². The second-order valence-electron chi connectivity index (χ2n) is 8.58. The Hall–Kier alpha value is -2.68. The summed E-state index contributed by atoms with van der Waals surface area (Å²) in [6.07, 6.45) is 3.30. The largest absolute Gasteiger partial charge is 0.328 e. The van der Waals surface area contributed by atoms with Crippen LogP contribution in [0.15, 0.2) is 40.7 Å². The van der Waals surface area contributed by atoms with Crippen LogP contribution in [0.1, 0.15) is 58.1 Å². The molecule has 2 heterocycles. The van der Waals surface area contributed by atoms with Crippen LogP contribution in [-0.4, -0.2) is 31.2 Å². The Kier molecular flexibility index (Phi) is 5.40. The molecule has 0 spiro atoms. The van der Waals surface area contributed by atoms with Crippen molar-refractivity contribution in [1.82, 2.24) is 14.8 Å². The number of nitro benzene ring substituents is 1. The molecule has 1 aliphatic carbocycles. The van der Waals surface area contributed by atoms with Crippen molar-refractivity contribution in [2.24, 2.45) is 5.41 Å². The van der Waals surface area contributed by atoms with Gasteiger partial charge in [0.25, 0.3) is 5.69 Å². The fourth-order valence-corrected chi connectivity index (χ4v) is 4.99. The summed E-state index contributed by atoms with van der Waals surface area (Å²) in [5.74, 6) is 1.54. The highest BCUT2D eigenvalue weighted by Gasteiger charge is 2.42. The van der Waals surface area contributed by atoms with Crippen molar-refractivity contribution >= 4 is 29.2 Å². The fourth-order valence-electron chi connectivity index (χ4n) is 4.07. The molecule has 1 N–H and O–H groups in total. The SMILES string of the molecule is CCCCSc1nc2n(n1)[C@@H](c1cccc([N+](=O)[O-])c1)C1=C(CC(C)(C)CC1=O)N2. The van der Waals surface area contributed by atoms with Gasteiger partial charge in [0.15, 0.2) is 5.78 Å². The van der Waals surface area contributed by atoms with Crippen LogP contribution < -0.4 is 5.32 Å². The molecule has 0 fully saturated rings. The van der Waals surface area contributed by atoms with Gasteiger partial charge in [-0.3, -0.25) is 14.9 Å². The maximum absolute atomic E-state index is 13.2. The van der Waals surface area contributed by atoms with Crippen molar-refractivity contribution in [2.45, 2.75) is 57.7 Å². The quantitative estimate of drug-likeness (QED) is 0.307. The van der Waals surface area contributed by atoms with Gasteiger partial charge in [-0.15, -0.1) is 5.10 Å². The van der Waals surface area contributed by atoms with Gasteiger partial charge in [-0.05, 0) is 23.8 Å². The number of unbranched alkanes of at least 4 members (excludes halogenated alkanes) is 1. The van der Waals surface area contributed by atoms with E-state index in [4.69, 9.17) is 0 Å². The molecular weight excluding hydrogens is 402 g/mol. The number of benzene rings is 1. The standard InChI is InChI=1S/C21H25N5O3S/c1-4-5-9-30-20-23-19-22-15-11-21(2,3)12-16(27)17(15)18(25(19)24-20)13-7-6-8-14(10-13)26(28)29/h6-8,10,18H,4-5,9,11-12H2,1-3H3,(H,22,23,24)/t18-/m0/s1. The molecule has 1 atom stereocenters. The van der Waals surface area contributed by atoms with E-state index in [0.717, 1.165) is 24.3 Å². The lowest BCUT2D eigenvalue weighted by molar-refractivity contribution is -0.384. The maximum atomic E-state index is 13.2. The van der Waals surface area contributed by atoms with Crippen molar-refractivity contribution in [1.29, 1.82) is 0 Å². The minimum Gasteiger partial charge on any atom is -0.328 e. The smallest absolute Gasteiger partial charge is 0.269 e. The average Bonchev–Trinajstić information content (AvgIpc) is 3.08. The zero-order chi connectivity index (χ0) is 21.5. The van der Waals surface area contributed by atoms with Crippen molar-refractivity contribution in [3.8, 4) is 0 Å². The minimum absolute atomic E-state index is 0.00372. The lowest BCUT2D eigenvalue weighted by atomic mass is 9.73. The third-order valence-corrected chi connectivity index (χ3v) is 6.36. The summed E-state index contributed by atoms with van der Waals surface area (Å²) in [5.41, 5.74) is 1.99. The van der Waals surface area contributed by atoms with Crippen LogP contribution in [0.4, 0.5) is 11.6 Å². The van der Waals surface area contributed by atoms with Crippen LogP contribution in [0.2, 0.25) is 0 Å². The number of carbonyl (C=O) groups is 1. The maximum Gasteiger partial charge on any atom is 0.269 e. The van der Waals surface area contributed by atoms with E-state index in [1.807, 2.05) is 6.07 Å². The summed E-state index contributed by atoms with van der Waals surface area (Å²) in [4.78, 5) is 28.7. The van der Waals surface area contributed by atoms with Crippen molar-refractivity contribution in [3.63, 3.8) is 0 Å². The number of non-ortho nitro benzene ring substituents is 1. The summed E-state index contributed by atoms with van der Waals surface area (Å²) in [6.45, 7) is 6.28. The van der Waals surface area contributed by atoms with Crippen LogP contribution in [0, 0.1) is 15.5 Å². The normalized spacial score (nSPS) is 19.8. The first-order valence-corrected chi connectivity index (χ1v) is 11.1. The number of Topliss-reactive ketones (excluding diaryl/α,β-unsaturated/α-hetero) is 1. The Bertz CT molecular complexity index is 1040. The van der Waals surface area contributed by atoms with Crippen LogP contribution >= 0.6 is 11.8 Å². The van der Waals surface area contributed by atoms with E-state index < -0.39 is 11.0 Å². The predicted molar refractivity (Wildman–Crippen MR) is 116 cm³/mol. The molecule has 0 radical (unpaired) electrons. The lowest BCUT2D eigenvalue weighted by Gasteiger charge is -2.38. The molecule has 0 amide bonds. The molecule has 0 bridgehead atoms. The van der Waals surface area contributed by atoms with E-state index >= 15 is 0 Å². The Morgan fingerprint density at radius 3 is 2.90 bits per heavy atom. The molecule has 2 aliphatic rings. The van der Waals surface area contributed by atoms with E-state index in [0.29, 0.717) is 35.1 Å². The fraction of sp³-hybridized carbons (Fsp3) is 0.476. The van der Waals surface area contributed by atoms with E-state index in [-0.39, 0.29) is 16.9 Å². The number of ketones is 1. The van der Waals surface area contributed by atoms with Gasteiger partial charge >= 0.3 is 0 Å². The topological polar surface area (TPSA) is 103 Å². The Morgan fingerprint density at radius 2 is 2.17 bits per heavy atom. The van der Waals surface area contributed by atoms with Gasteiger partial charge in [-0.2, -0.15) is 4.98 Å². The number of hydrogen-bond acceptors (Lipinski definition) is 7. The number of nitrogens with one attached hydrogen (secondary N) is 1. The molecule has 8 nitrogen and oxygen atoms in total. The Labute approximate surface area is 179 Å². The van der Waals surface area contributed by atoms with Gasteiger partial charge in [0.05, 0.1) is 4.92 Å². The minimum atomic E-state index is -0.521. The Morgan fingerprint density at radius 1 is 1.37 bits per heavy atom. The number of allylic oxidation sites excluding steroid dienone is 2. The van der Waals surface area contributed by atoms with Crippen LogP contribution in [-0.2, 0) is 4.79 Å². The summed E-state index contributed by atoms with van der Waals surface area (Å²) >= 11 is 1.58. The first-order chi connectivity index (χ1) is 14.3. The van der Waals surface area contributed by atoms with Crippen LogP contribution in [0.5, 0.6) is 0 Å². The van der Waals surface area contributed by atoms with Crippen molar-refractivity contribution in [2.75, 3.05) is 11.1 Å². The van der Waals surface area contributed by atoms with Crippen molar-refractivity contribution < 1.29 is 9.72 Å². The van der Waals surface area contributed by atoms with E-state index in [9.17, 15) is 14.9 Å². The summed E-state index contributed by atoms with van der Waals surface area (Å²) in [6, 6.07) is 5.94. The number of anilines is 1. The molecule has 0 saturated heterocycles. The number of aromatic nitrogens is 3. The molecule has 0 saturated carbocycles. The molecule has 2 aromatic rings. The average molecular weight is 428 g/mol. The van der Waals surface area contributed by atoms with E-state index in [1.54, 1.807) is 22.5 Å². The Balaban J connectivity index is 1.82. The molecule has 158 valence electrons. The lowest BCUT2D eigenvalue weighted by Crippen LogP contribution is -2.36. The number of nitrogens with zero attached hydrogens (tertiary/aromatic N) is 4. The highest BCUT2D eigenvalue weighted by atomic mass is 32.2. The van der Waals surface area contributed by atoms with Gasteiger partial charge in [-0.1, -0.05) is 51.1 Å². The summed E-state index contributed by atoms with van der Waals surface area (Å²) in [7, 11) is 0. The van der Waals surface area contributed by atoms with E-state index in [2.05, 4.69) is 36.2 Å². The molecule has 1 aliphatic heterocycles. The molecule has 30 heavy (non-hydrogen) atoms. The highest BCUT2D eigenvalue weighted by molar-refractivity contribution is 7.99. The summed E-state index contributed by atoms with van der Waals surface area (Å²) in [5, 5.41) is 20.0. The van der Waals surface area contributed by atoms with Crippen LogP contribution in [0.3, 0.4) is 0 Å². The van der Waals surface area contributed by atoms with Gasteiger partial charge in [0.2, 0.25) is 11.1 Å². The highest BCUT2D eigenvalue weighted by Crippen LogP contribution is 2.46. The third kappa shape index (κ3) is 3.86. The number of hydrogen-bond donors (Lipinski definition) is 1. The molecule has 1 aromatic carbocycles. The van der Waals surface area contributed by atoms with Gasteiger partial charge in [0, 0.05) is 35.6 Å². The predicted octanol–water partition coefficient (Wildman–Crippen LogP) is 4.74. The monoisotopic (exact) mass is 427 g/mol. The van der Waals surface area contributed by atoms with E-state index in [1.165, 1.54) is 12.1 Å².